The van der Waals surface area contributed by atoms with E-state index in [1.165, 1.54) is 6.08 Å². The smallest absolute Gasteiger partial charge is 0.336 e. The van der Waals surface area contributed by atoms with Gasteiger partial charge in [0.2, 0.25) is 0 Å². The maximum Gasteiger partial charge on any atom is 0.336 e. The summed E-state index contributed by atoms with van der Waals surface area (Å²) in [4.78, 5) is 23.2. The second-order valence-corrected chi connectivity index (χ2v) is 7.85. The zero-order valence-corrected chi connectivity index (χ0v) is 19.6. The van der Waals surface area contributed by atoms with E-state index in [2.05, 4.69) is 6.58 Å². The van der Waals surface area contributed by atoms with Crippen molar-refractivity contribution in [1.29, 1.82) is 5.26 Å². The maximum absolute atomic E-state index is 11.9. The Bertz CT molecular complexity index is 1000. The molecule has 34 heavy (non-hydrogen) atoms. The largest absolute Gasteiger partial charge is 0.494 e. The van der Waals surface area contributed by atoms with Crippen molar-refractivity contribution in [3.05, 3.63) is 77.9 Å². The fraction of sp³-hybridized carbons (Fsp3) is 0.321. The standard InChI is InChI=1S/C28H31NO5/c1-22(2)28(31)33-20-8-6-4-3-5-7-19-32-25-14-9-23(10-15-25)13-18-27(30)34-26-16-11-24(21-29)12-17-26/h9-18H,1,3-8,19-20H2,2H3/b18-13+. The number of nitrogens with zero attached hydrogens (tertiary/aromatic N) is 1. The summed E-state index contributed by atoms with van der Waals surface area (Å²) >= 11 is 0. The highest BCUT2D eigenvalue weighted by atomic mass is 16.5. The molecule has 0 radical (unpaired) electrons. The van der Waals surface area contributed by atoms with Gasteiger partial charge in [-0.1, -0.05) is 44.4 Å². The number of carbonyl (C=O) groups excluding carboxylic acids is 2. The van der Waals surface area contributed by atoms with Crippen LogP contribution in [0.4, 0.5) is 0 Å². The van der Waals surface area contributed by atoms with E-state index in [1.54, 1.807) is 37.3 Å². The van der Waals surface area contributed by atoms with Gasteiger partial charge < -0.3 is 14.2 Å². The molecule has 0 N–H and O–H groups in total. The third kappa shape index (κ3) is 10.6. The molecule has 0 bridgehead atoms. The van der Waals surface area contributed by atoms with Gasteiger partial charge in [-0.2, -0.15) is 5.26 Å². The Labute approximate surface area is 201 Å². The minimum atomic E-state index is -0.488. The molecule has 0 unspecified atom stereocenters. The molecule has 6 nitrogen and oxygen atoms in total. The Kier molecular flexibility index (Phi) is 11.7. The van der Waals surface area contributed by atoms with Crippen molar-refractivity contribution in [2.45, 2.75) is 45.4 Å². The summed E-state index contributed by atoms with van der Waals surface area (Å²) in [5.74, 6) is 0.374. The molecule has 0 heterocycles. The number of rotatable bonds is 14. The zero-order valence-electron chi connectivity index (χ0n) is 19.6. The summed E-state index contributed by atoms with van der Waals surface area (Å²) < 4.78 is 16.1. The number of hydrogen-bond acceptors (Lipinski definition) is 6. The third-order valence-electron chi connectivity index (χ3n) is 4.88. The molecule has 2 aromatic rings. The number of hydrogen-bond donors (Lipinski definition) is 0. The van der Waals surface area contributed by atoms with E-state index < -0.39 is 5.97 Å². The second kappa shape index (κ2) is 15.1. The second-order valence-electron chi connectivity index (χ2n) is 7.85. The monoisotopic (exact) mass is 461 g/mol. The predicted octanol–water partition coefficient (Wildman–Crippen LogP) is 6.02. The lowest BCUT2D eigenvalue weighted by molar-refractivity contribution is -0.139. The van der Waals surface area contributed by atoms with Gasteiger partial charge in [0.25, 0.3) is 0 Å². The van der Waals surface area contributed by atoms with Gasteiger partial charge in [-0.3, -0.25) is 0 Å². The molecular formula is C28H31NO5. The number of esters is 2. The fourth-order valence-corrected chi connectivity index (χ4v) is 2.98. The van der Waals surface area contributed by atoms with E-state index in [4.69, 9.17) is 19.5 Å². The first-order chi connectivity index (χ1) is 16.5. The summed E-state index contributed by atoms with van der Waals surface area (Å²) in [5.41, 5.74) is 1.80. The first kappa shape index (κ1) is 26.4. The van der Waals surface area contributed by atoms with E-state index >= 15 is 0 Å². The van der Waals surface area contributed by atoms with Crippen LogP contribution in [0.25, 0.3) is 6.08 Å². The number of carbonyl (C=O) groups is 2. The first-order valence-corrected chi connectivity index (χ1v) is 11.4. The van der Waals surface area contributed by atoms with Crippen LogP contribution in [0.1, 0.15) is 56.6 Å². The minimum absolute atomic E-state index is 0.316. The van der Waals surface area contributed by atoms with Crippen LogP contribution in [0.15, 0.2) is 66.8 Å². The summed E-state index contributed by atoms with van der Waals surface area (Å²) in [6.07, 6.45) is 9.26. The van der Waals surface area contributed by atoms with Gasteiger partial charge in [-0.15, -0.1) is 0 Å². The molecule has 0 saturated heterocycles. The quantitative estimate of drug-likeness (QED) is 0.148. The van der Waals surface area contributed by atoms with Crippen molar-refractivity contribution in [1.82, 2.24) is 0 Å². The van der Waals surface area contributed by atoms with Crippen LogP contribution >= 0.6 is 0 Å². The molecule has 6 heteroatoms. The lowest BCUT2D eigenvalue weighted by atomic mass is 10.1. The van der Waals surface area contributed by atoms with E-state index in [0.717, 1.165) is 49.8 Å². The fourth-order valence-electron chi connectivity index (χ4n) is 2.98. The van der Waals surface area contributed by atoms with Crippen LogP contribution in [0.3, 0.4) is 0 Å². The van der Waals surface area contributed by atoms with Crippen molar-refractivity contribution in [2.24, 2.45) is 0 Å². The molecule has 0 amide bonds. The van der Waals surface area contributed by atoms with Gasteiger partial charge >= 0.3 is 11.9 Å². The Morgan fingerprint density at radius 1 is 0.882 bits per heavy atom. The van der Waals surface area contributed by atoms with E-state index in [1.807, 2.05) is 30.3 Å². The maximum atomic E-state index is 11.9. The highest BCUT2D eigenvalue weighted by Crippen LogP contribution is 2.15. The summed E-state index contributed by atoms with van der Waals surface area (Å²) in [6, 6.07) is 15.9. The Morgan fingerprint density at radius 3 is 2.09 bits per heavy atom. The molecule has 0 atom stereocenters. The van der Waals surface area contributed by atoms with Crippen molar-refractivity contribution in [3.8, 4) is 17.6 Å². The zero-order chi connectivity index (χ0) is 24.6. The Balaban J connectivity index is 1.56. The van der Waals surface area contributed by atoms with Gasteiger partial charge in [0.15, 0.2) is 0 Å². The molecule has 2 aromatic carbocycles. The van der Waals surface area contributed by atoms with Crippen molar-refractivity contribution >= 4 is 18.0 Å². The van der Waals surface area contributed by atoms with Gasteiger partial charge in [-0.25, -0.2) is 9.59 Å². The SMILES string of the molecule is C=C(C)C(=O)OCCCCCCCCOc1ccc(/C=C/C(=O)Oc2ccc(C#N)cc2)cc1. The van der Waals surface area contributed by atoms with Crippen molar-refractivity contribution in [2.75, 3.05) is 13.2 Å². The Hall–Kier alpha value is -3.85. The third-order valence-corrected chi connectivity index (χ3v) is 4.88. The van der Waals surface area contributed by atoms with Crippen molar-refractivity contribution in [3.63, 3.8) is 0 Å². The molecule has 0 aliphatic heterocycles. The topological polar surface area (TPSA) is 85.6 Å². The highest BCUT2D eigenvalue weighted by molar-refractivity contribution is 5.88. The molecule has 0 fully saturated rings. The number of unbranched alkanes of at least 4 members (excludes halogenated alkanes) is 5. The lowest BCUT2D eigenvalue weighted by Gasteiger charge is -2.07. The van der Waals surface area contributed by atoms with Crippen molar-refractivity contribution < 1.29 is 23.8 Å². The Morgan fingerprint density at radius 2 is 1.47 bits per heavy atom. The minimum Gasteiger partial charge on any atom is -0.494 e. The van der Waals surface area contributed by atoms with Crippen LogP contribution in [-0.4, -0.2) is 25.2 Å². The van der Waals surface area contributed by atoms with Crippen LogP contribution in [0, 0.1) is 11.3 Å². The summed E-state index contributed by atoms with van der Waals surface area (Å²) in [5, 5.41) is 8.79. The predicted molar refractivity (Wildman–Crippen MR) is 131 cm³/mol. The number of nitriles is 1. The molecule has 0 aliphatic carbocycles. The molecular weight excluding hydrogens is 430 g/mol. The van der Waals surface area contributed by atoms with Gasteiger partial charge in [0.05, 0.1) is 24.8 Å². The average Bonchev–Trinajstić information content (AvgIpc) is 2.84. The van der Waals surface area contributed by atoms with Gasteiger partial charge in [-0.05, 0) is 67.8 Å². The van der Waals surface area contributed by atoms with Crippen LogP contribution in [0.2, 0.25) is 0 Å². The van der Waals surface area contributed by atoms with Crippen LogP contribution < -0.4 is 9.47 Å². The molecule has 178 valence electrons. The molecule has 2 rings (SSSR count). The first-order valence-electron chi connectivity index (χ1n) is 11.4. The highest BCUT2D eigenvalue weighted by Gasteiger charge is 2.03. The summed E-state index contributed by atoms with van der Waals surface area (Å²) in [6.45, 7) is 6.32. The normalized spacial score (nSPS) is 10.5. The van der Waals surface area contributed by atoms with E-state index in [-0.39, 0.29) is 5.97 Å². The number of ether oxygens (including phenoxy) is 3. The molecule has 0 saturated carbocycles. The lowest BCUT2D eigenvalue weighted by Crippen LogP contribution is -2.06. The van der Waals surface area contributed by atoms with Crippen LogP contribution in [-0.2, 0) is 14.3 Å². The molecule has 0 spiro atoms. The van der Waals surface area contributed by atoms with E-state index in [0.29, 0.717) is 30.1 Å². The van der Waals surface area contributed by atoms with Crippen LogP contribution in [0.5, 0.6) is 11.5 Å². The summed E-state index contributed by atoms with van der Waals surface area (Å²) in [7, 11) is 0. The van der Waals surface area contributed by atoms with Gasteiger partial charge in [0.1, 0.15) is 11.5 Å². The molecule has 0 aliphatic rings. The van der Waals surface area contributed by atoms with Gasteiger partial charge in [0, 0.05) is 11.6 Å². The number of benzene rings is 2. The van der Waals surface area contributed by atoms with E-state index in [9.17, 15) is 9.59 Å². The average molecular weight is 462 g/mol. The molecule has 0 aromatic heterocycles.